The first-order chi connectivity index (χ1) is 9.40. The van der Waals surface area contributed by atoms with Crippen molar-refractivity contribution in [3.63, 3.8) is 0 Å². The molecule has 0 saturated carbocycles. The Balaban J connectivity index is 2.25. The highest BCUT2D eigenvalue weighted by molar-refractivity contribution is 5.97. The molecule has 2 aromatic carbocycles. The Hall–Kier alpha value is -2.79. The topological polar surface area (TPSA) is 39.6 Å². The van der Waals surface area contributed by atoms with Gasteiger partial charge in [0.2, 0.25) is 0 Å². The van der Waals surface area contributed by atoms with Crippen molar-refractivity contribution < 1.29 is 0 Å². The molecule has 0 saturated heterocycles. The molecule has 0 atom stereocenters. The van der Waals surface area contributed by atoms with Crippen LogP contribution in [0.25, 0.3) is 16.5 Å². The number of aromatic amines is 1. The zero-order valence-electron chi connectivity index (χ0n) is 10.3. The SMILES string of the molecule is N#CC=C(c1ccccc1)c1cccc2[nH]ccc12. The normalized spacial score (nSPS) is 11.4. The van der Waals surface area contributed by atoms with E-state index >= 15 is 0 Å². The zero-order valence-corrected chi connectivity index (χ0v) is 10.3. The Labute approximate surface area is 111 Å². The number of fused-ring (bicyclic) bond motifs is 1. The van der Waals surface area contributed by atoms with Crippen LogP contribution in [0.15, 0.2) is 66.9 Å². The third kappa shape index (κ3) is 2.02. The summed E-state index contributed by atoms with van der Waals surface area (Å²) in [7, 11) is 0. The van der Waals surface area contributed by atoms with E-state index in [-0.39, 0.29) is 0 Å². The standard InChI is InChI=1S/C17H12N2/c18-11-9-14(13-5-2-1-3-6-13)15-7-4-8-17-16(15)10-12-19-17/h1-10,12,19H. The van der Waals surface area contributed by atoms with E-state index in [0.29, 0.717) is 0 Å². The molecule has 3 rings (SSSR count). The van der Waals surface area contributed by atoms with Gasteiger partial charge in [0, 0.05) is 28.7 Å². The monoisotopic (exact) mass is 244 g/mol. The number of nitrogens with one attached hydrogen (secondary N) is 1. The number of hydrogen-bond acceptors (Lipinski definition) is 1. The van der Waals surface area contributed by atoms with Crippen LogP contribution in [0.4, 0.5) is 0 Å². The Morgan fingerprint density at radius 1 is 1.00 bits per heavy atom. The molecule has 0 bridgehead atoms. The lowest BCUT2D eigenvalue weighted by atomic mass is 9.95. The minimum atomic E-state index is 0.952. The largest absolute Gasteiger partial charge is 0.361 e. The molecule has 0 fully saturated rings. The molecule has 90 valence electrons. The number of allylic oxidation sites excluding steroid dienone is 1. The molecule has 0 unspecified atom stereocenters. The molecule has 3 aromatic rings. The molecule has 1 heterocycles. The highest BCUT2D eigenvalue weighted by atomic mass is 14.7. The molecule has 1 N–H and O–H groups in total. The number of aromatic nitrogens is 1. The van der Waals surface area contributed by atoms with Gasteiger partial charge < -0.3 is 4.98 Å². The molecule has 0 radical (unpaired) electrons. The second-order valence-electron chi connectivity index (χ2n) is 4.30. The summed E-state index contributed by atoms with van der Waals surface area (Å²) in [5.74, 6) is 0. The molecule has 2 nitrogen and oxygen atoms in total. The van der Waals surface area contributed by atoms with Gasteiger partial charge in [-0.2, -0.15) is 5.26 Å². The Morgan fingerprint density at radius 3 is 2.63 bits per heavy atom. The predicted molar refractivity (Wildman–Crippen MR) is 77.4 cm³/mol. The molecule has 2 heteroatoms. The van der Waals surface area contributed by atoms with Crippen molar-refractivity contribution in [2.45, 2.75) is 0 Å². The summed E-state index contributed by atoms with van der Waals surface area (Å²) in [6.07, 6.45) is 3.53. The fourth-order valence-corrected chi connectivity index (χ4v) is 2.32. The highest BCUT2D eigenvalue weighted by Gasteiger charge is 2.08. The van der Waals surface area contributed by atoms with Crippen LogP contribution in [0.3, 0.4) is 0 Å². The Morgan fingerprint density at radius 2 is 1.84 bits per heavy atom. The van der Waals surface area contributed by atoms with Crippen LogP contribution in [0.2, 0.25) is 0 Å². The number of H-pyrrole nitrogens is 1. The average molecular weight is 244 g/mol. The van der Waals surface area contributed by atoms with Crippen LogP contribution in [0, 0.1) is 11.3 Å². The fraction of sp³-hybridized carbons (Fsp3) is 0. The van der Waals surface area contributed by atoms with Crippen LogP contribution in [0.1, 0.15) is 11.1 Å². The number of hydrogen-bond donors (Lipinski definition) is 1. The molecule has 0 aliphatic rings. The summed E-state index contributed by atoms with van der Waals surface area (Å²) in [5.41, 5.74) is 4.16. The molecular weight excluding hydrogens is 232 g/mol. The lowest BCUT2D eigenvalue weighted by molar-refractivity contribution is 1.47. The summed E-state index contributed by atoms with van der Waals surface area (Å²) in [6.45, 7) is 0. The lowest BCUT2D eigenvalue weighted by Crippen LogP contribution is -1.88. The maximum atomic E-state index is 9.05. The van der Waals surface area contributed by atoms with E-state index in [2.05, 4.69) is 11.1 Å². The van der Waals surface area contributed by atoms with Gasteiger partial charge in [-0.3, -0.25) is 0 Å². The van der Waals surface area contributed by atoms with Gasteiger partial charge in [-0.05, 0) is 23.3 Å². The van der Waals surface area contributed by atoms with Crippen LogP contribution in [0.5, 0.6) is 0 Å². The molecular formula is C17H12N2. The first-order valence-electron chi connectivity index (χ1n) is 6.12. The van der Waals surface area contributed by atoms with Crippen LogP contribution in [-0.4, -0.2) is 4.98 Å². The van der Waals surface area contributed by atoms with Crippen molar-refractivity contribution in [3.05, 3.63) is 78.0 Å². The minimum absolute atomic E-state index is 0.952. The van der Waals surface area contributed by atoms with E-state index in [1.54, 1.807) is 6.08 Å². The third-order valence-electron chi connectivity index (χ3n) is 3.18. The minimum Gasteiger partial charge on any atom is -0.361 e. The quantitative estimate of drug-likeness (QED) is 0.676. The summed E-state index contributed by atoms with van der Waals surface area (Å²) in [5, 5.41) is 10.2. The summed E-state index contributed by atoms with van der Waals surface area (Å²) in [6, 6.07) is 20.3. The third-order valence-corrected chi connectivity index (χ3v) is 3.18. The highest BCUT2D eigenvalue weighted by Crippen LogP contribution is 2.29. The van der Waals surface area contributed by atoms with E-state index in [0.717, 1.165) is 27.6 Å². The molecule has 19 heavy (non-hydrogen) atoms. The van der Waals surface area contributed by atoms with Crippen molar-refractivity contribution in [3.8, 4) is 6.07 Å². The molecule has 0 aliphatic heterocycles. The number of nitriles is 1. The maximum absolute atomic E-state index is 9.05. The lowest BCUT2D eigenvalue weighted by Gasteiger charge is -2.08. The van der Waals surface area contributed by atoms with E-state index in [1.165, 1.54) is 0 Å². The smallest absolute Gasteiger partial charge is 0.0918 e. The number of nitrogens with zero attached hydrogens (tertiary/aromatic N) is 1. The van der Waals surface area contributed by atoms with Crippen molar-refractivity contribution in [1.82, 2.24) is 4.98 Å². The van der Waals surface area contributed by atoms with Crippen molar-refractivity contribution in [1.29, 1.82) is 5.26 Å². The van der Waals surface area contributed by atoms with Crippen molar-refractivity contribution in [2.24, 2.45) is 0 Å². The maximum Gasteiger partial charge on any atom is 0.0918 e. The second-order valence-corrected chi connectivity index (χ2v) is 4.30. The van der Waals surface area contributed by atoms with Gasteiger partial charge >= 0.3 is 0 Å². The van der Waals surface area contributed by atoms with Gasteiger partial charge in [0.05, 0.1) is 6.07 Å². The van der Waals surface area contributed by atoms with Gasteiger partial charge in [-0.1, -0.05) is 42.5 Å². The Kier molecular flexibility index (Phi) is 2.88. The van der Waals surface area contributed by atoms with E-state index in [9.17, 15) is 0 Å². The zero-order chi connectivity index (χ0) is 13.1. The van der Waals surface area contributed by atoms with Gasteiger partial charge in [-0.25, -0.2) is 0 Å². The summed E-state index contributed by atoms with van der Waals surface area (Å²) >= 11 is 0. The number of rotatable bonds is 2. The number of benzene rings is 2. The van der Waals surface area contributed by atoms with Gasteiger partial charge in [0.15, 0.2) is 0 Å². The first-order valence-corrected chi connectivity index (χ1v) is 6.12. The van der Waals surface area contributed by atoms with Crippen molar-refractivity contribution in [2.75, 3.05) is 0 Å². The molecule has 0 spiro atoms. The predicted octanol–water partition coefficient (Wildman–Crippen LogP) is 4.12. The first kappa shape index (κ1) is 11.3. The summed E-state index contributed by atoms with van der Waals surface area (Å²) < 4.78 is 0. The van der Waals surface area contributed by atoms with E-state index < -0.39 is 0 Å². The van der Waals surface area contributed by atoms with Gasteiger partial charge in [0.1, 0.15) is 0 Å². The average Bonchev–Trinajstić information content (AvgIpc) is 2.94. The van der Waals surface area contributed by atoms with Gasteiger partial charge in [0.25, 0.3) is 0 Å². The van der Waals surface area contributed by atoms with Gasteiger partial charge in [-0.15, -0.1) is 0 Å². The van der Waals surface area contributed by atoms with Crippen LogP contribution >= 0.6 is 0 Å². The fourth-order valence-electron chi connectivity index (χ4n) is 2.32. The Bertz CT molecular complexity index is 774. The van der Waals surface area contributed by atoms with Crippen molar-refractivity contribution >= 4 is 16.5 Å². The summed E-state index contributed by atoms with van der Waals surface area (Å²) in [4.78, 5) is 3.20. The van der Waals surface area contributed by atoms with E-state index in [4.69, 9.17) is 5.26 Å². The molecule has 0 amide bonds. The molecule has 1 aromatic heterocycles. The van der Waals surface area contributed by atoms with Crippen LogP contribution in [-0.2, 0) is 0 Å². The van der Waals surface area contributed by atoms with Crippen LogP contribution < -0.4 is 0 Å². The molecule has 0 aliphatic carbocycles. The van der Waals surface area contributed by atoms with E-state index in [1.807, 2.05) is 60.8 Å². The second kappa shape index (κ2) is 4.83.